The standard InChI is InChI=1S/C25H25N3O4/c1-2-3-10-27-23(15-8-9-21-22(11-15)32-14-31-21)25(30)28-13-19-17(12-20(28)24(27)29)16-6-4-5-7-18(16)26-19/h4-9,11,20,23,26H,2-3,10,12-14H2,1H3/t20-,23-/m0/s1. The van der Waals surface area contributed by atoms with E-state index in [-0.39, 0.29) is 18.6 Å². The predicted octanol–water partition coefficient (Wildman–Crippen LogP) is 3.53. The molecule has 3 aliphatic heterocycles. The molecule has 0 radical (unpaired) electrons. The molecule has 3 aromatic rings. The summed E-state index contributed by atoms with van der Waals surface area (Å²) in [6.07, 6.45) is 2.35. The van der Waals surface area contributed by atoms with E-state index in [4.69, 9.17) is 9.47 Å². The van der Waals surface area contributed by atoms with Gasteiger partial charge in [0.05, 0.1) is 6.54 Å². The Labute approximate surface area is 185 Å². The first-order valence-corrected chi connectivity index (χ1v) is 11.2. The summed E-state index contributed by atoms with van der Waals surface area (Å²) in [4.78, 5) is 34.6. The van der Waals surface area contributed by atoms with Gasteiger partial charge in [-0.15, -0.1) is 0 Å². The molecule has 3 aliphatic rings. The number of carbonyl (C=O) groups excluding carboxylic acids is 2. The molecule has 1 aromatic heterocycles. The van der Waals surface area contributed by atoms with Crippen molar-refractivity contribution < 1.29 is 19.1 Å². The minimum absolute atomic E-state index is 0.0247. The quantitative estimate of drug-likeness (QED) is 0.686. The number of rotatable bonds is 4. The molecule has 0 spiro atoms. The molecule has 1 saturated heterocycles. The highest BCUT2D eigenvalue weighted by Crippen LogP contribution is 2.41. The number of H-pyrrole nitrogens is 1. The molecular weight excluding hydrogens is 406 g/mol. The highest BCUT2D eigenvalue weighted by atomic mass is 16.7. The molecule has 7 nitrogen and oxygen atoms in total. The lowest BCUT2D eigenvalue weighted by Gasteiger charge is -2.47. The average molecular weight is 431 g/mol. The van der Waals surface area contributed by atoms with E-state index in [1.54, 1.807) is 9.80 Å². The lowest BCUT2D eigenvalue weighted by atomic mass is 9.89. The highest BCUT2D eigenvalue weighted by molar-refractivity contribution is 5.99. The third kappa shape index (κ3) is 2.80. The summed E-state index contributed by atoms with van der Waals surface area (Å²) in [5.74, 6) is 1.28. The summed E-state index contributed by atoms with van der Waals surface area (Å²) in [5.41, 5.74) is 3.99. The Bertz CT molecular complexity index is 1230. The van der Waals surface area contributed by atoms with E-state index in [1.807, 2.05) is 36.4 Å². The number of aromatic nitrogens is 1. The molecule has 0 saturated carbocycles. The Morgan fingerprint density at radius 2 is 1.91 bits per heavy atom. The Morgan fingerprint density at radius 1 is 1.06 bits per heavy atom. The van der Waals surface area contributed by atoms with Crippen molar-refractivity contribution in [3.05, 3.63) is 59.3 Å². The fourth-order valence-corrected chi connectivity index (χ4v) is 5.24. The van der Waals surface area contributed by atoms with Crippen molar-refractivity contribution in [1.29, 1.82) is 0 Å². The molecule has 6 rings (SSSR count). The maximum Gasteiger partial charge on any atom is 0.251 e. The van der Waals surface area contributed by atoms with E-state index in [2.05, 4.69) is 18.0 Å². The number of nitrogens with one attached hydrogen (secondary N) is 1. The van der Waals surface area contributed by atoms with Gasteiger partial charge in [0, 0.05) is 29.6 Å². The summed E-state index contributed by atoms with van der Waals surface area (Å²) >= 11 is 0. The van der Waals surface area contributed by atoms with Crippen LogP contribution in [0.5, 0.6) is 11.5 Å². The van der Waals surface area contributed by atoms with Crippen LogP contribution >= 0.6 is 0 Å². The number of carbonyl (C=O) groups is 2. The summed E-state index contributed by atoms with van der Waals surface area (Å²) < 4.78 is 11.0. The lowest BCUT2D eigenvalue weighted by Crippen LogP contribution is -2.62. The lowest BCUT2D eigenvalue weighted by molar-refractivity contribution is -0.163. The zero-order chi connectivity index (χ0) is 21.8. The van der Waals surface area contributed by atoms with E-state index in [0.717, 1.165) is 40.6 Å². The van der Waals surface area contributed by atoms with Crippen LogP contribution in [0.15, 0.2) is 42.5 Å². The highest BCUT2D eigenvalue weighted by Gasteiger charge is 2.48. The summed E-state index contributed by atoms with van der Waals surface area (Å²) in [5, 5.41) is 1.14. The fraction of sp³-hybridized carbons (Fsp3) is 0.360. The number of amides is 2. The monoisotopic (exact) mass is 431 g/mol. The summed E-state index contributed by atoms with van der Waals surface area (Å²) in [6.45, 7) is 3.25. The third-order valence-electron chi connectivity index (χ3n) is 6.87. The number of aromatic amines is 1. The zero-order valence-electron chi connectivity index (χ0n) is 18.0. The van der Waals surface area contributed by atoms with E-state index < -0.39 is 12.1 Å². The topological polar surface area (TPSA) is 74.9 Å². The molecule has 1 fully saturated rings. The van der Waals surface area contributed by atoms with E-state index in [1.165, 1.54) is 0 Å². The smallest absolute Gasteiger partial charge is 0.251 e. The molecule has 0 bridgehead atoms. The first-order chi connectivity index (χ1) is 15.7. The third-order valence-corrected chi connectivity index (χ3v) is 6.87. The zero-order valence-corrected chi connectivity index (χ0v) is 18.0. The van der Waals surface area contributed by atoms with Crippen molar-refractivity contribution in [3.63, 3.8) is 0 Å². The van der Waals surface area contributed by atoms with Crippen LogP contribution in [-0.4, -0.2) is 46.0 Å². The molecule has 2 aromatic carbocycles. The number of unbranched alkanes of at least 4 members (excludes halogenated alkanes) is 1. The van der Waals surface area contributed by atoms with Gasteiger partial charge >= 0.3 is 0 Å². The van der Waals surface area contributed by atoms with Crippen molar-refractivity contribution >= 4 is 22.7 Å². The Morgan fingerprint density at radius 3 is 2.78 bits per heavy atom. The second-order valence-corrected chi connectivity index (χ2v) is 8.71. The number of benzene rings is 2. The number of fused-ring (bicyclic) bond motifs is 5. The normalized spacial score (nSPS) is 21.8. The van der Waals surface area contributed by atoms with Crippen molar-refractivity contribution in [1.82, 2.24) is 14.8 Å². The van der Waals surface area contributed by atoms with Crippen LogP contribution in [0.2, 0.25) is 0 Å². The number of piperazine rings is 1. The number of hydrogen-bond acceptors (Lipinski definition) is 4. The molecule has 0 aliphatic carbocycles. The first kappa shape index (κ1) is 19.2. The van der Waals surface area contributed by atoms with Crippen molar-refractivity contribution in [3.8, 4) is 11.5 Å². The summed E-state index contributed by atoms with van der Waals surface area (Å²) in [6, 6.07) is 12.6. The van der Waals surface area contributed by atoms with Gasteiger partial charge in [-0.25, -0.2) is 0 Å². The van der Waals surface area contributed by atoms with Crippen molar-refractivity contribution in [2.45, 2.75) is 44.8 Å². The summed E-state index contributed by atoms with van der Waals surface area (Å²) in [7, 11) is 0. The molecule has 4 heterocycles. The van der Waals surface area contributed by atoms with Gasteiger partial charge in [-0.3, -0.25) is 9.59 Å². The van der Waals surface area contributed by atoms with Crippen LogP contribution in [0.4, 0.5) is 0 Å². The average Bonchev–Trinajstić information content (AvgIpc) is 3.43. The van der Waals surface area contributed by atoms with Crippen molar-refractivity contribution in [2.24, 2.45) is 0 Å². The van der Waals surface area contributed by atoms with Gasteiger partial charge in [-0.1, -0.05) is 37.6 Å². The van der Waals surface area contributed by atoms with Crippen LogP contribution < -0.4 is 9.47 Å². The first-order valence-electron chi connectivity index (χ1n) is 11.2. The number of ether oxygens (including phenoxy) is 2. The minimum Gasteiger partial charge on any atom is -0.454 e. The van der Waals surface area contributed by atoms with Gasteiger partial charge in [0.2, 0.25) is 12.7 Å². The molecule has 7 heteroatoms. The molecule has 1 N–H and O–H groups in total. The van der Waals surface area contributed by atoms with E-state index in [0.29, 0.717) is 31.0 Å². The Kier molecular flexibility index (Phi) is 4.38. The second kappa shape index (κ2) is 7.29. The van der Waals surface area contributed by atoms with Crippen LogP contribution in [0.1, 0.15) is 42.6 Å². The van der Waals surface area contributed by atoms with E-state index in [9.17, 15) is 9.59 Å². The van der Waals surface area contributed by atoms with Gasteiger partial charge in [0.1, 0.15) is 12.1 Å². The van der Waals surface area contributed by atoms with Crippen LogP contribution in [0.3, 0.4) is 0 Å². The van der Waals surface area contributed by atoms with Gasteiger partial charge in [-0.2, -0.15) is 0 Å². The number of nitrogens with zero attached hydrogens (tertiary/aromatic N) is 2. The van der Waals surface area contributed by atoms with Crippen LogP contribution in [-0.2, 0) is 22.6 Å². The minimum atomic E-state index is -0.647. The Hall–Kier alpha value is -3.48. The van der Waals surface area contributed by atoms with Gasteiger partial charge in [0.15, 0.2) is 11.5 Å². The van der Waals surface area contributed by atoms with Gasteiger partial charge < -0.3 is 24.3 Å². The second-order valence-electron chi connectivity index (χ2n) is 8.71. The molecule has 164 valence electrons. The predicted molar refractivity (Wildman–Crippen MR) is 118 cm³/mol. The van der Waals surface area contributed by atoms with E-state index >= 15 is 0 Å². The largest absolute Gasteiger partial charge is 0.454 e. The maximum atomic E-state index is 13.9. The SMILES string of the molecule is CCCCN1C(=O)[C@@H]2Cc3c([nH]c4ccccc34)CN2C(=O)[C@@H]1c1ccc2c(c1)OCO2. The van der Waals surface area contributed by atoms with Gasteiger partial charge in [-0.05, 0) is 35.7 Å². The molecule has 0 unspecified atom stereocenters. The van der Waals surface area contributed by atoms with Crippen molar-refractivity contribution in [2.75, 3.05) is 13.3 Å². The molecule has 2 atom stereocenters. The molecule has 32 heavy (non-hydrogen) atoms. The van der Waals surface area contributed by atoms with Gasteiger partial charge in [0.25, 0.3) is 5.91 Å². The maximum absolute atomic E-state index is 13.9. The fourth-order valence-electron chi connectivity index (χ4n) is 5.24. The number of para-hydroxylation sites is 1. The number of hydrogen-bond donors (Lipinski definition) is 1. The Balaban J connectivity index is 1.41. The van der Waals surface area contributed by atoms with Crippen LogP contribution in [0.25, 0.3) is 10.9 Å². The molecule has 2 amide bonds. The molecular formula is C25H25N3O4. The van der Waals surface area contributed by atoms with Crippen LogP contribution in [0, 0.1) is 0 Å².